The van der Waals surface area contributed by atoms with Gasteiger partial charge in [-0.05, 0) is 25.0 Å². The van der Waals surface area contributed by atoms with Crippen LogP contribution in [0.15, 0.2) is 31.0 Å². The summed E-state index contributed by atoms with van der Waals surface area (Å²) in [7, 11) is 0. The standard InChI is InChI=1S/C14H17N3O2/c1-2-6-16-13(18)11-5-7-15-12(10-11)14(19)17-8-3-4-9-17/h2,5,7,10H,1,3-4,6,8-9H2,(H,16,18). The minimum absolute atomic E-state index is 0.101. The Morgan fingerprint density at radius 2 is 2.16 bits per heavy atom. The van der Waals surface area contributed by atoms with Gasteiger partial charge < -0.3 is 10.2 Å². The molecule has 0 saturated carbocycles. The van der Waals surface area contributed by atoms with Crippen molar-refractivity contribution in [2.75, 3.05) is 19.6 Å². The Bertz CT molecular complexity index is 493. The number of carbonyl (C=O) groups is 2. The van der Waals surface area contributed by atoms with Crippen molar-refractivity contribution in [3.63, 3.8) is 0 Å². The van der Waals surface area contributed by atoms with Crippen LogP contribution in [0.4, 0.5) is 0 Å². The fourth-order valence-electron chi connectivity index (χ4n) is 2.04. The maximum atomic E-state index is 12.2. The number of nitrogens with one attached hydrogen (secondary N) is 1. The van der Waals surface area contributed by atoms with Gasteiger partial charge in [-0.2, -0.15) is 0 Å². The summed E-state index contributed by atoms with van der Waals surface area (Å²) in [6.45, 7) is 5.48. The number of carbonyl (C=O) groups excluding carboxylic acids is 2. The molecule has 1 saturated heterocycles. The molecule has 1 aromatic heterocycles. The van der Waals surface area contributed by atoms with E-state index in [0.29, 0.717) is 17.8 Å². The third kappa shape index (κ3) is 3.19. The third-order valence-corrected chi connectivity index (χ3v) is 3.04. The van der Waals surface area contributed by atoms with Crippen LogP contribution in [0.3, 0.4) is 0 Å². The van der Waals surface area contributed by atoms with Gasteiger partial charge in [0.1, 0.15) is 5.69 Å². The van der Waals surface area contributed by atoms with E-state index in [4.69, 9.17) is 0 Å². The van der Waals surface area contributed by atoms with Gasteiger partial charge in [-0.15, -0.1) is 6.58 Å². The van der Waals surface area contributed by atoms with E-state index in [9.17, 15) is 9.59 Å². The van der Waals surface area contributed by atoms with Crippen molar-refractivity contribution in [3.8, 4) is 0 Å². The zero-order valence-electron chi connectivity index (χ0n) is 10.8. The highest BCUT2D eigenvalue weighted by molar-refractivity contribution is 5.98. The third-order valence-electron chi connectivity index (χ3n) is 3.04. The molecule has 5 heteroatoms. The number of hydrogen-bond donors (Lipinski definition) is 1. The number of likely N-dealkylation sites (tertiary alicyclic amines) is 1. The van der Waals surface area contributed by atoms with Crippen LogP contribution in [0.5, 0.6) is 0 Å². The number of hydrogen-bond acceptors (Lipinski definition) is 3. The number of nitrogens with zero attached hydrogens (tertiary/aromatic N) is 2. The highest BCUT2D eigenvalue weighted by Crippen LogP contribution is 2.12. The van der Waals surface area contributed by atoms with Gasteiger partial charge in [0.2, 0.25) is 0 Å². The summed E-state index contributed by atoms with van der Waals surface area (Å²) in [5.74, 6) is -0.325. The smallest absolute Gasteiger partial charge is 0.272 e. The van der Waals surface area contributed by atoms with E-state index in [1.807, 2.05) is 0 Å². The predicted octanol–water partition coefficient (Wildman–Crippen LogP) is 1.23. The molecule has 2 rings (SSSR count). The molecule has 1 aromatic rings. The van der Waals surface area contributed by atoms with Gasteiger partial charge in [0.25, 0.3) is 11.8 Å². The van der Waals surface area contributed by atoms with Crippen molar-refractivity contribution < 1.29 is 9.59 Å². The first kappa shape index (κ1) is 13.3. The topological polar surface area (TPSA) is 62.3 Å². The van der Waals surface area contributed by atoms with Gasteiger partial charge in [-0.3, -0.25) is 14.6 Å². The summed E-state index contributed by atoms with van der Waals surface area (Å²) in [6.07, 6.45) is 5.16. The van der Waals surface area contributed by atoms with Crippen LogP contribution in [0.2, 0.25) is 0 Å². The van der Waals surface area contributed by atoms with Crippen molar-refractivity contribution >= 4 is 11.8 Å². The van der Waals surface area contributed by atoms with E-state index in [2.05, 4.69) is 16.9 Å². The first-order valence-corrected chi connectivity index (χ1v) is 6.37. The molecule has 1 aliphatic heterocycles. The second kappa shape index (κ2) is 6.13. The van der Waals surface area contributed by atoms with Crippen LogP contribution in [0, 0.1) is 0 Å². The average Bonchev–Trinajstić information content (AvgIpc) is 2.98. The molecule has 0 bridgehead atoms. The van der Waals surface area contributed by atoms with E-state index in [-0.39, 0.29) is 11.8 Å². The summed E-state index contributed by atoms with van der Waals surface area (Å²) in [5.41, 5.74) is 0.771. The van der Waals surface area contributed by atoms with Crippen LogP contribution >= 0.6 is 0 Å². The molecule has 1 aliphatic rings. The summed E-state index contributed by atoms with van der Waals surface area (Å²) < 4.78 is 0. The fraction of sp³-hybridized carbons (Fsp3) is 0.357. The van der Waals surface area contributed by atoms with Crippen LogP contribution in [-0.2, 0) is 0 Å². The number of aromatic nitrogens is 1. The lowest BCUT2D eigenvalue weighted by molar-refractivity contribution is 0.0787. The van der Waals surface area contributed by atoms with Gasteiger partial charge in [-0.25, -0.2) is 0 Å². The molecule has 1 fully saturated rings. The molecule has 0 unspecified atom stereocenters. The molecule has 1 N–H and O–H groups in total. The van der Waals surface area contributed by atoms with Crippen molar-refractivity contribution in [2.45, 2.75) is 12.8 Å². The molecule has 0 aliphatic carbocycles. The minimum atomic E-state index is -0.224. The average molecular weight is 259 g/mol. The van der Waals surface area contributed by atoms with Gasteiger partial charge in [0, 0.05) is 31.4 Å². The zero-order chi connectivity index (χ0) is 13.7. The van der Waals surface area contributed by atoms with E-state index in [0.717, 1.165) is 25.9 Å². The Hall–Kier alpha value is -2.17. The van der Waals surface area contributed by atoms with Gasteiger partial charge >= 0.3 is 0 Å². The molecule has 100 valence electrons. The monoisotopic (exact) mass is 259 g/mol. The molecule has 2 heterocycles. The Labute approximate surface area is 112 Å². The Morgan fingerprint density at radius 1 is 1.42 bits per heavy atom. The molecule has 0 spiro atoms. The Kier molecular flexibility index (Phi) is 4.28. The SMILES string of the molecule is C=CCNC(=O)c1ccnc(C(=O)N2CCCC2)c1. The van der Waals surface area contributed by atoms with E-state index >= 15 is 0 Å². The second-order valence-electron chi connectivity index (χ2n) is 4.43. The lowest BCUT2D eigenvalue weighted by atomic mass is 10.2. The molecule has 0 radical (unpaired) electrons. The molecule has 19 heavy (non-hydrogen) atoms. The fourth-order valence-corrected chi connectivity index (χ4v) is 2.04. The summed E-state index contributed by atoms with van der Waals surface area (Å²) in [6, 6.07) is 3.14. The van der Waals surface area contributed by atoms with Crippen molar-refractivity contribution in [1.29, 1.82) is 0 Å². The van der Waals surface area contributed by atoms with Gasteiger partial charge in [0.15, 0.2) is 0 Å². The van der Waals surface area contributed by atoms with Crippen LogP contribution in [0.1, 0.15) is 33.7 Å². The van der Waals surface area contributed by atoms with E-state index < -0.39 is 0 Å². The first-order valence-electron chi connectivity index (χ1n) is 6.37. The van der Waals surface area contributed by atoms with E-state index in [1.165, 1.54) is 6.20 Å². The van der Waals surface area contributed by atoms with Crippen molar-refractivity contribution in [3.05, 3.63) is 42.2 Å². The first-order chi connectivity index (χ1) is 9.22. The molecule has 2 amide bonds. The number of rotatable bonds is 4. The van der Waals surface area contributed by atoms with E-state index in [1.54, 1.807) is 23.1 Å². The summed E-state index contributed by atoms with van der Waals surface area (Å²) >= 11 is 0. The molecular weight excluding hydrogens is 242 g/mol. The largest absolute Gasteiger partial charge is 0.349 e. The highest BCUT2D eigenvalue weighted by atomic mass is 16.2. The minimum Gasteiger partial charge on any atom is -0.349 e. The number of amides is 2. The normalized spacial score (nSPS) is 14.2. The zero-order valence-corrected chi connectivity index (χ0v) is 10.8. The molecule has 5 nitrogen and oxygen atoms in total. The van der Waals surface area contributed by atoms with Crippen LogP contribution in [-0.4, -0.2) is 41.3 Å². The quantitative estimate of drug-likeness (QED) is 0.827. The summed E-state index contributed by atoms with van der Waals surface area (Å²) in [5, 5.41) is 2.67. The van der Waals surface area contributed by atoms with Gasteiger partial charge in [-0.1, -0.05) is 6.08 Å². The lowest BCUT2D eigenvalue weighted by Gasteiger charge is -2.14. The predicted molar refractivity (Wildman–Crippen MR) is 71.9 cm³/mol. The molecule has 0 aromatic carbocycles. The van der Waals surface area contributed by atoms with Crippen LogP contribution < -0.4 is 5.32 Å². The Morgan fingerprint density at radius 3 is 2.84 bits per heavy atom. The number of pyridine rings is 1. The maximum Gasteiger partial charge on any atom is 0.272 e. The lowest BCUT2D eigenvalue weighted by Crippen LogP contribution is -2.29. The Balaban J connectivity index is 2.11. The van der Waals surface area contributed by atoms with Crippen molar-refractivity contribution in [1.82, 2.24) is 15.2 Å². The van der Waals surface area contributed by atoms with Crippen molar-refractivity contribution in [2.24, 2.45) is 0 Å². The second-order valence-corrected chi connectivity index (χ2v) is 4.43. The molecular formula is C14H17N3O2. The maximum absolute atomic E-state index is 12.2. The van der Waals surface area contributed by atoms with Gasteiger partial charge in [0.05, 0.1) is 0 Å². The highest BCUT2D eigenvalue weighted by Gasteiger charge is 2.21. The summed E-state index contributed by atoms with van der Waals surface area (Å²) in [4.78, 5) is 29.8. The van der Waals surface area contributed by atoms with Crippen LogP contribution in [0.25, 0.3) is 0 Å². The molecule has 0 atom stereocenters.